The van der Waals surface area contributed by atoms with Crippen LogP contribution in [-0.2, 0) is 10.0 Å². The topological polar surface area (TPSA) is 87.3 Å². The van der Waals surface area contributed by atoms with E-state index in [1.165, 1.54) is 19.2 Å². The molecule has 23 heavy (non-hydrogen) atoms. The molecule has 3 N–H and O–H groups in total. The molecule has 0 aliphatic carbocycles. The SMILES string of the molecule is CNC(=O)Nc1cccc(NS(=O)(=O)c2ccc(F)cc2Cl)c1. The summed E-state index contributed by atoms with van der Waals surface area (Å²) in [5, 5.41) is 4.67. The second-order valence-electron chi connectivity index (χ2n) is 4.47. The van der Waals surface area contributed by atoms with E-state index in [1.54, 1.807) is 12.1 Å². The molecule has 0 saturated heterocycles. The van der Waals surface area contributed by atoms with Gasteiger partial charge in [0.05, 0.1) is 10.7 Å². The van der Waals surface area contributed by atoms with E-state index in [9.17, 15) is 17.6 Å². The second kappa shape index (κ2) is 6.84. The fourth-order valence-electron chi connectivity index (χ4n) is 1.76. The number of carbonyl (C=O) groups excluding carboxylic acids is 1. The number of nitrogens with one attached hydrogen (secondary N) is 3. The van der Waals surface area contributed by atoms with Crippen LogP contribution in [0.25, 0.3) is 0 Å². The molecule has 0 unspecified atom stereocenters. The normalized spacial score (nSPS) is 10.9. The maximum Gasteiger partial charge on any atom is 0.318 e. The Kier molecular flexibility index (Phi) is 5.07. The van der Waals surface area contributed by atoms with E-state index in [1.807, 2.05) is 0 Å². The lowest BCUT2D eigenvalue weighted by molar-refractivity contribution is 0.254. The highest BCUT2D eigenvalue weighted by molar-refractivity contribution is 7.92. The third-order valence-electron chi connectivity index (χ3n) is 2.78. The lowest BCUT2D eigenvalue weighted by Crippen LogP contribution is -2.24. The minimum atomic E-state index is -3.99. The van der Waals surface area contributed by atoms with Gasteiger partial charge < -0.3 is 10.6 Å². The lowest BCUT2D eigenvalue weighted by atomic mass is 10.3. The number of benzene rings is 2. The van der Waals surface area contributed by atoms with E-state index in [4.69, 9.17) is 11.6 Å². The Hall–Kier alpha value is -2.32. The van der Waals surface area contributed by atoms with Crippen molar-refractivity contribution in [3.8, 4) is 0 Å². The molecule has 2 rings (SSSR count). The van der Waals surface area contributed by atoms with Crippen molar-refractivity contribution in [3.05, 3.63) is 53.3 Å². The van der Waals surface area contributed by atoms with Crippen LogP contribution < -0.4 is 15.4 Å². The minimum absolute atomic E-state index is 0.222. The summed E-state index contributed by atoms with van der Waals surface area (Å²) in [5.74, 6) is -0.634. The van der Waals surface area contributed by atoms with Gasteiger partial charge in [0.25, 0.3) is 10.0 Å². The Morgan fingerprint density at radius 2 is 1.83 bits per heavy atom. The Morgan fingerprint density at radius 1 is 1.13 bits per heavy atom. The quantitative estimate of drug-likeness (QED) is 0.786. The first-order valence-electron chi connectivity index (χ1n) is 6.38. The van der Waals surface area contributed by atoms with Crippen LogP contribution >= 0.6 is 11.6 Å². The van der Waals surface area contributed by atoms with Crippen molar-refractivity contribution < 1.29 is 17.6 Å². The Morgan fingerprint density at radius 3 is 2.48 bits per heavy atom. The first kappa shape index (κ1) is 17.0. The molecular formula is C14H13ClFN3O3S. The van der Waals surface area contributed by atoms with E-state index in [-0.39, 0.29) is 15.6 Å². The first-order valence-corrected chi connectivity index (χ1v) is 8.24. The molecule has 9 heteroatoms. The number of urea groups is 1. The average Bonchev–Trinajstić information content (AvgIpc) is 2.46. The smallest absolute Gasteiger partial charge is 0.318 e. The second-order valence-corrected chi connectivity index (χ2v) is 6.52. The van der Waals surface area contributed by atoms with Crippen LogP contribution in [0.4, 0.5) is 20.6 Å². The van der Waals surface area contributed by atoms with Gasteiger partial charge in [0, 0.05) is 12.7 Å². The fourth-order valence-corrected chi connectivity index (χ4v) is 3.34. The molecule has 0 heterocycles. The van der Waals surface area contributed by atoms with E-state index >= 15 is 0 Å². The minimum Gasteiger partial charge on any atom is -0.341 e. The highest BCUT2D eigenvalue weighted by Crippen LogP contribution is 2.25. The Bertz CT molecular complexity index is 843. The molecule has 122 valence electrons. The first-order chi connectivity index (χ1) is 10.8. The number of hydrogen-bond acceptors (Lipinski definition) is 3. The molecular weight excluding hydrogens is 345 g/mol. The van der Waals surface area contributed by atoms with E-state index < -0.39 is 21.9 Å². The van der Waals surface area contributed by atoms with Crippen LogP contribution in [-0.4, -0.2) is 21.5 Å². The summed E-state index contributed by atoms with van der Waals surface area (Å²) in [5.41, 5.74) is 0.619. The number of rotatable bonds is 4. The van der Waals surface area contributed by atoms with Crippen LogP contribution in [0.3, 0.4) is 0 Å². The van der Waals surface area contributed by atoms with E-state index in [2.05, 4.69) is 15.4 Å². The largest absolute Gasteiger partial charge is 0.341 e. The zero-order valence-corrected chi connectivity index (χ0v) is 13.5. The van der Waals surface area contributed by atoms with Crippen LogP contribution in [0.5, 0.6) is 0 Å². The summed E-state index contributed by atoms with van der Waals surface area (Å²) in [7, 11) is -2.53. The van der Waals surface area contributed by atoms with Gasteiger partial charge in [0.2, 0.25) is 0 Å². The van der Waals surface area contributed by atoms with Crippen molar-refractivity contribution >= 4 is 39.0 Å². The highest BCUT2D eigenvalue weighted by Gasteiger charge is 2.18. The predicted molar refractivity (Wildman–Crippen MR) is 86.7 cm³/mol. The van der Waals surface area contributed by atoms with Gasteiger partial charge in [-0.1, -0.05) is 17.7 Å². The van der Waals surface area contributed by atoms with Crippen molar-refractivity contribution in [2.24, 2.45) is 0 Å². The number of amides is 2. The lowest BCUT2D eigenvalue weighted by Gasteiger charge is -2.11. The van der Waals surface area contributed by atoms with Gasteiger partial charge in [-0.2, -0.15) is 0 Å². The number of sulfonamides is 1. The van der Waals surface area contributed by atoms with E-state index in [0.29, 0.717) is 5.69 Å². The van der Waals surface area contributed by atoms with Gasteiger partial charge in [0.1, 0.15) is 10.7 Å². The van der Waals surface area contributed by atoms with Gasteiger partial charge in [-0.3, -0.25) is 4.72 Å². The summed E-state index contributed by atoms with van der Waals surface area (Å²) in [4.78, 5) is 11.0. The van der Waals surface area contributed by atoms with Crippen LogP contribution in [0, 0.1) is 5.82 Å². The zero-order valence-electron chi connectivity index (χ0n) is 11.9. The summed E-state index contributed by atoms with van der Waals surface area (Å²) in [6.45, 7) is 0. The fraction of sp³-hybridized carbons (Fsp3) is 0.0714. The monoisotopic (exact) mass is 357 g/mol. The zero-order chi connectivity index (χ0) is 17.0. The average molecular weight is 358 g/mol. The standard InChI is InChI=1S/C14H13ClFN3O3S/c1-17-14(20)18-10-3-2-4-11(8-10)19-23(21,22)13-6-5-9(16)7-12(13)15/h2-8,19H,1H3,(H2,17,18,20). The van der Waals surface area contributed by atoms with Crippen molar-refractivity contribution in [2.45, 2.75) is 4.90 Å². The van der Waals surface area contributed by atoms with Gasteiger partial charge in [-0.15, -0.1) is 0 Å². The number of halogens is 2. The number of hydrogen-bond donors (Lipinski definition) is 3. The summed E-state index contributed by atoms with van der Waals surface area (Å²) in [6, 6.07) is 8.66. The summed E-state index contributed by atoms with van der Waals surface area (Å²) >= 11 is 5.77. The molecule has 6 nitrogen and oxygen atoms in total. The van der Waals surface area contributed by atoms with Gasteiger partial charge in [-0.25, -0.2) is 17.6 Å². The molecule has 0 bridgehead atoms. The van der Waals surface area contributed by atoms with E-state index in [0.717, 1.165) is 18.2 Å². The molecule has 0 aliphatic heterocycles. The van der Waals surface area contributed by atoms with Crippen LogP contribution in [0.15, 0.2) is 47.4 Å². The van der Waals surface area contributed by atoms with Crippen molar-refractivity contribution in [1.82, 2.24) is 5.32 Å². The van der Waals surface area contributed by atoms with Crippen LogP contribution in [0.1, 0.15) is 0 Å². The van der Waals surface area contributed by atoms with Gasteiger partial charge >= 0.3 is 6.03 Å². The maximum absolute atomic E-state index is 13.0. The Balaban J connectivity index is 2.27. The van der Waals surface area contributed by atoms with Gasteiger partial charge in [0.15, 0.2) is 0 Å². The highest BCUT2D eigenvalue weighted by atomic mass is 35.5. The molecule has 0 aliphatic rings. The summed E-state index contributed by atoms with van der Waals surface area (Å²) in [6.07, 6.45) is 0. The molecule has 0 fully saturated rings. The van der Waals surface area contributed by atoms with Crippen molar-refractivity contribution in [3.63, 3.8) is 0 Å². The molecule has 0 radical (unpaired) electrons. The van der Waals surface area contributed by atoms with Crippen molar-refractivity contribution in [2.75, 3.05) is 17.1 Å². The molecule has 2 aromatic rings. The third-order valence-corrected chi connectivity index (χ3v) is 4.65. The molecule has 0 aromatic heterocycles. The number of carbonyl (C=O) groups is 1. The molecule has 0 saturated carbocycles. The molecule has 2 amide bonds. The van der Waals surface area contributed by atoms with Crippen molar-refractivity contribution in [1.29, 1.82) is 0 Å². The third kappa shape index (κ3) is 4.33. The van der Waals surface area contributed by atoms with Gasteiger partial charge in [-0.05, 0) is 36.4 Å². The van der Waals surface area contributed by atoms with Crippen LogP contribution in [0.2, 0.25) is 5.02 Å². The maximum atomic E-state index is 13.0. The molecule has 0 spiro atoms. The number of anilines is 2. The Labute approximate surface area is 137 Å². The molecule has 0 atom stereocenters. The molecule has 2 aromatic carbocycles. The predicted octanol–water partition coefficient (Wildman–Crippen LogP) is 3.03. The summed E-state index contributed by atoms with van der Waals surface area (Å²) < 4.78 is 40.0.